The second kappa shape index (κ2) is 6.78. The molecule has 0 saturated carbocycles. The minimum Gasteiger partial charge on any atom is -0.493 e. The molecule has 106 valence electrons. The van der Waals surface area contributed by atoms with Crippen molar-refractivity contribution in [3.05, 3.63) is 24.3 Å². The van der Waals surface area contributed by atoms with Crippen molar-refractivity contribution in [2.24, 2.45) is 11.7 Å². The maximum absolute atomic E-state index is 5.81. The monoisotopic (exact) mass is 264 g/mol. The Labute approximate surface area is 115 Å². The average Bonchev–Trinajstić information content (AvgIpc) is 2.80. The molecule has 1 aromatic carbocycles. The van der Waals surface area contributed by atoms with E-state index < -0.39 is 0 Å². The fourth-order valence-corrected chi connectivity index (χ4v) is 2.71. The molecule has 2 rings (SSSR count). The summed E-state index contributed by atoms with van der Waals surface area (Å²) in [6.45, 7) is 5.76. The molecule has 1 fully saturated rings. The standard InChI is InChI=1S/C15H24N2O2/c1-12-9-13(10-16)11-17(12)7-8-19-15-6-4-3-5-14(15)18-2/h3-6,12-13H,7-11,16H2,1-2H3. The minimum atomic E-state index is 0.606. The average molecular weight is 264 g/mol. The van der Waals surface area contributed by atoms with Crippen molar-refractivity contribution in [1.29, 1.82) is 0 Å². The van der Waals surface area contributed by atoms with Crippen LogP contribution in [0.1, 0.15) is 13.3 Å². The maximum Gasteiger partial charge on any atom is 0.161 e. The molecule has 19 heavy (non-hydrogen) atoms. The SMILES string of the molecule is COc1ccccc1OCCN1CC(CN)CC1C. The van der Waals surface area contributed by atoms with E-state index in [4.69, 9.17) is 15.2 Å². The Morgan fingerprint density at radius 2 is 2.05 bits per heavy atom. The molecule has 0 aromatic heterocycles. The molecule has 4 heteroatoms. The third-order valence-corrected chi connectivity index (χ3v) is 3.83. The van der Waals surface area contributed by atoms with Crippen LogP contribution in [0, 0.1) is 5.92 Å². The first-order chi connectivity index (χ1) is 9.24. The van der Waals surface area contributed by atoms with Gasteiger partial charge >= 0.3 is 0 Å². The highest BCUT2D eigenvalue weighted by molar-refractivity contribution is 5.39. The quantitative estimate of drug-likeness (QED) is 0.850. The molecule has 1 aliphatic heterocycles. The van der Waals surface area contributed by atoms with E-state index >= 15 is 0 Å². The first kappa shape index (κ1) is 14.2. The third-order valence-electron chi connectivity index (χ3n) is 3.83. The highest BCUT2D eigenvalue weighted by atomic mass is 16.5. The molecule has 1 aromatic rings. The molecule has 2 atom stereocenters. The fourth-order valence-electron chi connectivity index (χ4n) is 2.71. The van der Waals surface area contributed by atoms with Gasteiger partial charge in [0.05, 0.1) is 7.11 Å². The zero-order valence-corrected chi connectivity index (χ0v) is 11.8. The van der Waals surface area contributed by atoms with Crippen LogP contribution in [0.3, 0.4) is 0 Å². The van der Waals surface area contributed by atoms with E-state index in [1.54, 1.807) is 7.11 Å². The smallest absolute Gasteiger partial charge is 0.161 e. The van der Waals surface area contributed by atoms with Crippen LogP contribution in [0.5, 0.6) is 11.5 Å². The number of hydrogen-bond acceptors (Lipinski definition) is 4. The zero-order chi connectivity index (χ0) is 13.7. The normalized spacial score (nSPS) is 23.5. The minimum absolute atomic E-state index is 0.606. The number of para-hydroxylation sites is 2. The largest absolute Gasteiger partial charge is 0.493 e. The van der Waals surface area contributed by atoms with Gasteiger partial charge in [-0.25, -0.2) is 0 Å². The van der Waals surface area contributed by atoms with E-state index in [0.717, 1.165) is 31.1 Å². The number of methoxy groups -OCH3 is 1. The van der Waals surface area contributed by atoms with Crippen molar-refractivity contribution in [1.82, 2.24) is 4.90 Å². The Bertz CT molecular complexity index is 397. The second-order valence-electron chi connectivity index (χ2n) is 5.18. The Balaban J connectivity index is 1.80. The predicted molar refractivity (Wildman–Crippen MR) is 76.7 cm³/mol. The Hall–Kier alpha value is -1.26. The molecule has 2 N–H and O–H groups in total. The second-order valence-corrected chi connectivity index (χ2v) is 5.18. The van der Waals surface area contributed by atoms with E-state index in [2.05, 4.69) is 11.8 Å². The Morgan fingerprint density at radius 1 is 1.32 bits per heavy atom. The number of nitrogens with two attached hydrogens (primary N) is 1. The molecule has 2 unspecified atom stereocenters. The first-order valence-corrected chi connectivity index (χ1v) is 6.94. The first-order valence-electron chi connectivity index (χ1n) is 6.94. The van der Waals surface area contributed by atoms with Gasteiger partial charge in [0, 0.05) is 19.1 Å². The van der Waals surface area contributed by atoms with Crippen molar-refractivity contribution in [2.45, 2.75) is 19.4 Å². The predicted octanol–water partition coefficient (Wildman–Crippen LogP) is 1.74. The summed E-state index contributed by atoms with van der Waals surface area (Å²) in [4.78, 5) is 2.45. The van der Waals surface area contributed by atoms with Gasteiger partial charge in [0.15, 0.2) is 11.5 Å². The number of hydrogen-bond donors (Lipinski definition) is 1. The van der Waals surface area contributed by atoms with Crippen LogP contribution >= 0.6 is 0 Å². The lowest BCUT2D eigenvalue weighted by molar-refractivity contribution is 0.198. The summed E-state index contributed by atoms with van der Waals surface area (Å²) in [5.74, 6) is 2.24. The van der Waals surface area contributed by atoms with Crippen LogP contribution in [0.25, 0.3) is 0 Å². The number of nitrogens with zero attached hydrogens (tertiary/aromatic N) is 1. The molecular formula is C15H24N2O2. The highest BCUT2D eigenvalue weighted by Gasteiger charge is 2.27. The highest BCUT2D eigenvalue weighted by Crippen LogP contribution is 2.26. The molecule has 1 aliphatic rings. The summed E-state index contributed by atoms with van der Waals surface area (Å²) in [5, 5.41) is 0. The number of benzene rings is 1. The number of rotatable bonds is 6. The van der Waals surface area contributed by atoms with Gasteiger partial charge < -0.3 is 15.2 Å². The van der Waals surface area contributed by atoms with Gasteiger partial charge in [-0.15, -0.1) is 0 Å². The molecule has 1 saturated heterocycles. The van der Waals surface area contributed by atoms with Gasteiger partial charge in [-0.05, 0) is 37.9 Å². The van der Waals surface area contributed by atoms with Gasteiger partial charge in [0.2, 0.25) is 0 Å². The van der Waals surface area contributed by atoms with Crippen LogP contribution in [0.15, 0.2) is 24.3 Å². The lowest BCUT2D eigenvalue weighted by Gasteiger charge is -2.21. The zero-order valence-electron chi connectivity index (χ0n) is 11.8. The van der Waals surface area contributed by atoms with E-state index in [9.17, 15) is 0 Å². The Kier molecular flexibility index (Phi) is 5.05. The number of likely N-dealkylation sites (tertiary alicyclic amines) is 1. The van der Waals surface area contributed by atoms with E-state index in [1.165, 1.54) is 6.42 Å². The van der Waals surface area contributed by atoms with Crippen LogP contribution in [-0.4, -0.2) is 44.3 Å². The van der Waals surface area contributed by atoms with Crippen LogP contribution in [-0.2, 0) is 0 Å². The summed E-state index contributed by atoms with van der Waals surface area (Å²) < 4.78 is 11.1. The van der Waals surface area contributed by atoms with Crippen LogP contribution in [0.2, 0.25) is 0 Å². The number of ether oxygens (including phenoxy) is 2. The molecule has 0 amide bonds. The summed E-state index contributed by atoms with van der Waals surface area (Å²) in [6, 6.07) is 8.36. The lowest BCUT2D eigenvalue weighted by Crippen LogP contribution is -2.32. The molecule has 0 bridgehead atoms. The Morgan fingerprint density at radius 3 is 2.68 bits per heavy atom. The van der Waals surface area contributed by atoms with Crippen molar-refractivity contribution < 1.29 is 9.47 Å². The fraction of sp³-hybridized carbons (Fsp3) is 0.600. The van der Waals surface area contributed by atoms with Crippen LogP contribution < -0.4 is 15.2 Å². The van der Waals surface area contributed by atoms with Crippen molar-refractivity contribution in [3.63, 3.8) is 0 Å². The molecule has 0 radical (unpaired) electrons. The summed E-state index contributed by atoms with van der Waals surface area (Å²) in [5.41, 5.74) is 5.74. The maximum atomic E-state index is 5.81. The van der Waals surface area contributed by atoms with Crippen molar-refractivity contribution >= 4 is 0 Å². The third kappa shape index (κ3) is 3.61. The summed E-state index contributed by atoms with van der Waals surface area (Å²) in [6.07, 6.45) is 1.20. The van der Waals surface area contributed by atoms with E-state index in [-0.39, 0.29) is 0 Å². The van der Waals surface area contributed by atoms with E-state index in [1.807, 2.05) is 24.3 Å². The van der Waals surface area contributed by atoms with Gasteiger partial charge in [0.1, 0.15) is 6.61 Å². The van der Waals surface area contributed by atoms with Crippen LogP contribution in [0.4, 0.5) is 0 Å². The van der Waals surface area contributed by atoms with Gasteiger partial charge in [-0.1, -0.05) is 12.1 Å². The van der Waals surface area contributed by atoms with Crippen molar-refractivity contribution in [2.75, 3.05) is 33.4 Å². The lowest BCUT2D eigenvalue weighted by atomic mass is 10.1. The van der Waals surface area contributed by atoms with Gasteiger partial charge in [-0.2, -0.15) is 0 Å². The van der Waals surface area contributed by atoms with Gasteiger partial charge in [-0.3, -0.25) is 4.90 Å². The summed E-state index contributed by atoms with van der Waals surface area (Å²) in [7, 11) is 1.66. The molecule has 1 heterocycles. The van der Waals surface area contributed by atoms with Gasteiger partial charge in [0.25, 0.3) is 0 Å². The van der Waals surface area contributed by atoms with Crippen molar-refractivity contribution in [3.8, 4) is 11.5 Å². The molecule has 0 spiro atoms. The topological polar surface area (TPSA) is 47.7 Å². The molecule has 0 aliphatic carbocycles. The summed E-state index contributed by atoms with van der Waals surface area (Å²) >= 11 is 0. The molecular weight excluding hydrogens is 240 g/mol. The molecule has 4 nitrogen and oxygen atoms in total. The van der Waals surface area contributed by atoms with E-state index in [0.29, 0.717) is 18.6 Å².